The Morgan fingerprint density at radius 1 is 1.25 bits per heavy atom. The molecule has 0 amide bonds. The smallest absolute Gasteiger partial charge is 0.287 e. The number of rotatable bonds is 7. The molecule has 0 N–H and O–H groups in total. The fourth-order valence-corrected chi connectivity index (χ4v) is 2.23. The second kappa shape index (κ2) is 6.76. The van der Waals surface area contributed by atoms with Crippen molar-refractivity contribution in [3.8, 4) is 0 Å². The molecule has 1 rings (SSSR count). The third-order valence-corrected chi connectivity index (χ3v) is 3.28. The van der Waals surface area contributed by atoms with Crippen LogP contribution in [0.25, 0.3) is 0 Å². The van der Waals surface area contributed by atoms with Crippen LogP contribution in [-0.2, 0) is 24.7 Å². The molecule has 0 unspecified atom stereocenters. The first-order chi connectivity index (χ1) is 7.70. The molecule has 0 bridgehead atoms. The summed E-state index contributed by atoms with van der Waals surface area (Å²) in [6.07, 6.45) is 3.30. The fourth-order valence-electron chi connectivity index (χ4n) is 1.07. The van der Waals surface area contributed by atoms with Crippen molar-refractivity contribution in [1.82, 2.24) is 4.98 Å². The van der Waals surface area contributed by atoms with Crippen LogP contribution in [0.1, 0.15) is 19.4 Å². The summed E-state index contributed by atoms with van der Waals surface area (Å²) in [5.74, 6) is 0. The van der Waals surface area contributed by atoms with Gasteiger partial charge in [0.1, 0.15) is 0 Å². The summed E-state index contributed by atoms with van der Waals surface area (Å²) in [6.45, 7) is 4.19. The summed E-state index contributed by atoms with van der Waals surface area (Å²) in [5.41, 5.74) is 0.821. The molecule has 0 radical (unpaired) electrons. The van der Waals surface area contributed by atoms with Crippen molar-refractivity contribution in [1.29, 1.82) is 0 Å². The Morgan fingerprint density at radius 2 is 1.94 bits per heavy atom. The zero-order valence-corrected chi connectivity index (χ0v) is 10.4. The number of hydrogen-bond acceptors (Lipinski definition) is 5. The van der Waals surface area contributed by atoms with Gasteiger partial charge in [0.15, 0.2) is 0 Å². The summed E-state index contributed by atoms with van der Waals surface area (Å²) >= 11 is 0. The molecule has 0 fully saturated rings. The Kier molecular flexibility index (Phi) is 5.63. The van der Waals surface area contributed by atoms with Gasteiger partial charge in [0.2, 0.25) is 0 Å². The average Bonchev–Trinajstić information content (AvgIpc) is 2.29. The van der Waals surface area contributed by atoms with Crippen molar-refractivity contribution in [3.05, 3.63) is 30.1 Å². The van der Waals surface area contributed by atoms with Gasteiger partial charge in [0.25, 0.3) is 0 Å². The molecule has 0 spiro atoms. The quantitative estimate of drug-likeness (QED) is 0.691. The number of pyridine rings is 1. The Hall–Kier alpha value is -0.740. The monoisotopic (exact) mass is 245 g/mol. The van der Waals surface area contributed by atoms with Crippen LogP contribution in [0, 0.1) is 0 Å². The first kappa shape index (κ1) is 13.3. The zero-order valence-electron chi connectivity index (χ0n) is 9.46. The molecule has 0 aliphatic carbocycles. The lowest BCUT2D eigenvalue weighted by atomic mass is 10.3. The van der Waals surface area contributed by atoms with E-state index in [4.69, 9.17) is 13.6 Å². The second-order valence-corrected chi connectivity index (χ2v) is 4.59. The van der Waals surface area contributed by atoms with Gasteiger partial charge >= 0.3 is 7.82 Å². The third-order valence-electron chi connectivity index (χ3n) is 1.69. The first-order valence-electron chi connectivity index (χ1n) is 5.12. The van der Waals surface area contributed by atoms with E-state index in [9.17, 15) is 4.57 Å². The van der Waals surface area contributed by atoms with Crippen molar-refractivity contribution < 1.29 is 18.1 Å². The largest absolute Gasteiger partial charge is 0.475 e. The van der Waals surface area contributed by atoms with Crippen molar-refractivity contribution in [2.24, 2.45) is 0 Å². The van der Waals surface area contributed by atoms with E-state index in [1.165, 1.54) is 0 Å². The first-order valence-corrected chi connectivity index (χ1v) is 6.59. The highest BCUT2D eigenvalue weighted by molar-refractivity contribution is 7.48. The molecule has 0 aromatic carbocycles. The van der Waals surface area contributed by atoms with Gasteiger partial charge in [0.05, 0.1) is 19.8 Å². The molecule has 1 aromatic heterocycles. The van der Waals surface area contributed by atoms with Crippen molar-refractivity contribution in [2.45, 2.75) is 20.5 Å². The van der Waals surface area contributed by atoms with E-state index in [-0.39, 0.29) is 19.8 Å². The van der Waals surface area contributed by atoms with E-state index >= 15 is 0 Å². The van der Waals surface area contributed by atoms with Gasteiger partial charge < -0.3 is 0 Å². The molecule has 90 valence electrons. The van der Waals surface area contributed by atoms with E-state index in [1.807, 2.05) is 6.07 Å². The minimum absolute atomic E-state index is 0.158. The van der Waals surface area contributed by atoms with Crippen molar-refractivity contribution in [3.63, 3.8) is 0 Å². The molecule has 1 heterocycles. The molecule has 16 heavy (non-hydrogen) atoms. The topological polar surface area (TPSA) is 57.7 Å². The lowest BCUT2D eigenvalue weighted by Gasteiger charge is -2.16. The number of phosphoric acid groups is 1. The fraction of sp³-hybridized carbons (Fsp3) is 0.500. The summed E-state index contributed by atoms with van der Waals surface area (Å²) < 4.78 is 27.0. The second-order valence-electron chi connectivity index (χ2n) is 2.92. The van der Waals surface area contributed by atoms with Gasteiger partial charge in [0, 0.05) is 12.4 Å². The van der Waals surface area contributed by atoms with E-state index in [0.717, 1.165) is 5.56 Å². The van der Waals surface area contributed by atoms with Gasteiger partial charge in [-0.1, -0.05) is 6.07 Å². The molecule has 0 aliphatic heterocycles. The predicted octanol–water partition coefficient (Wildman–Crippen LogP) is 2.78. The van der Waals surface area contributed by atoms with Crippen molar-refractivity contribution in [2.75, 3.05) is 13.2 Å². The van der Waals surface area contributed by atoms with Crippen LogP contribution in [0.4, 0.5) is 0 Å². The Bertz CT molecular complexity index is 334. The number of hydrogen-bond donors (Lipinski definition) is 0. The van der Waals surface area contributed by atoms with Crippen LogP contribution in [0.3, 0.4) is 0 Å². The highest BCUT2D eigenvalue weighted by atomic mass is 31.2. The summed E-state index contributed by atoms with van der Waals surface area (Å²) in [4.78, 5) is 3.93. The molecule has 1 aromatic rings. The highest BCUT2D eigenvalue weighted by Crippen LogP contribution is 2.49. The summed E-state index contributed by atoms with van der Waals surface area (Å²) in [7, 11) is -3.41. The molecular formula is C10H16NO4P. The standard InChI is InChI=1S/C10H16NO4P/c1-3-13-16(12,14-4-2)15-9-10-6-5-7-11-8-10/h5-8H,3-4,9H2,1-2H3. The van der Waals surface area contributed by atoms with Crippen molar-refractivity contribution >= 4 is 7.82 Å². The normalized spacial score (nSPS) is 11.6. The Labute approximate surface area is 95.4 Å². The Morgan fingerprint density at radius 3 is 2.44 bits per heavy atom. The summed E-state index contributed by atoms with van der Waals surface area (Å²) in [6, 6.07) is 3.61. The maximum atomic E-state index is 11.9. The van der Waals surface area contributed by atoms with Crippen LogP contribution in [-0.4, -0.2) is 18.2 Å². The number of aromatic nitrogens is 1. The van der Waals surface area contributed by atoms with Crippen LogP contribution >= 0.6 is 7.82 Å². The molecule has 0 saturated heterocycles. The maximum absolute atomic E-state index is 11.9. The lowest BCUT2D eigenvalue weighted by molar-refractivity contribution is 0.116. The molecular weight excluding hydrogens is 229 g/mol. The average molecular weight is 245 g/mol. The molecule has 0 aliphatic rings. The van der Waals surface area contributed by atoms with Gasteiger partial charge in [-0.3, -0.25) is 18.6 Å². The maximum Gasteiger partial charge on any atom is 0.475 e. The van der Waals surface area contributed by atoms with Crippen LogP contribution < -0.4 is 0 Å². The van der Waals surface area contributed by atoms with Crippen LogP contribution in [0.15, 0.2) is 24.5 Å². The molecule has 5 nitrogen and oxygen atoms in total. The number of nitrogens with zero attached hydrogens (tertiary/aromatic N) is 1. The molecule has 6 heteroatoms. The number of phosphoric ester groups is 1. The Balaban J connectivity index is 2.53. The third kappa shape index (κ3) is 4.41. The molecule has 0 atom stereocenters. The molecule has 0 saturated carbocycles. The minimum atomic E-state index is -3.41. The minimum Gasteiger partial charge on any atom is -0.287 e. The summed E-state index contributed by atoms with van der Waals surface area (Å²) in [5, 5.41) is 0. The van der Waals surface area contributed by atoms with E-state index in [0.29, 0.717) is 0 Å². The van der Waals surface area contributed by atoms with E-state index < -0.39 is 7.82 Å². The lowest BCUT2D eigenvalue weighted by Crippen LogP contribution is -2.00. The predicted molar refractivity (Wildman–Crippen MR) is 59.9 cm³/mol. The van der Waals surface area contributed by atoms with Gasteiger partial charge in [-0.15, -0.1) is 0 Å². The van der Waals surface area contributed by atoms with E-state index in [1.54, 1.807) is 32.3 Å². The van der Waals surface area contributed by atoms with Gasteiger partial charge in [-0.2, -0.15) is 0 Å². The van der Waals surface area contributed by atoms with Gasteiger partial charge in [-0.05, 0) is 25.5 Å². The van der Waals surface area contributed by atoms with Crippen LogP contribution in [0.2, 0.25) is 0 Å². The van der Waals surface area contributed by atoms with E-state index in [2.05, 4.69) is 4.98 Å². The zero-order chi connectivity index (χ0) is 11.9. The van der Waals surface area contributed by atoms with Crippen LogP contribution in [0.5, 0.6) is 0 Å². The highest BCUT2D eigenvalue weighted by Gasteiger charge is 2.25. The van der Waals surface area contributed by atoms with Gasteiger partial charge in [-0.25, -0.2) is 4.57 Å². The SMILES string of the molecule is CCOP(=O)(OCC)OCc1cccnc1.